The molecule has 2 radical (unpaired) electrons. The maximum Gasteiger partial charge on any atom is 0.326 e. The molecule has 0 saturated carbocycles. The van der Waals surface area contributed by atoms with E-state index < -0.39 is 0 Å². The minimum absolute atomic E-state index is 0.601. The zero-order valence-corrected chi connectivity index (χ0v) is 8.67. The summed E-state index contributed by atoms with van der Waals surface area (Å²) in [6.07, 6.45) is 0. The first-order valence-electron chi connectivity index (χ1n) is 5.00. The highest BCUT2D eigenvalue weighted by molar-refractivity contribution is 6.61. The van der Waals surface area contributed by atoms with Gasteiger partial charge in [-0.1, -0.05) is 54.0 Å². The average Bonchev–Trinajstić information content (AvgIpc) is 2.38. The van der Waals surface area contributed by atoms with Gasteiger partial charge in [-0.05, 0) is 16.6 Å². The van der Waals surface area contributed by atoms with E-state index >= 15 is 0 Å². The Bertz CT molecular complexity index is 472. The summed E-state index contributed by atoms with van der Waals surface area (Å²) < 4.78 is 0. The number of benzene rings is 2. The van der Waals surface area contributed by atoms with Crippen molar-refractivity contribution in [1.82, 2.24) is 0 Å². The molecule has 0 atom stereocenters. The first kappa shape index (κ1) is 11.0. The molecule has 16 heavy (non-hydrogen) atoms. The van der Waals surface area contributed by atoms with Gasteiger partial charge in [-0.15, -0.1) is 0 Å². The van der Waals surface area contributed by atoms with Gasteiger partial charge in [0.1, 0.15) is 0 Å². The predicted molar refractivity (Wildman–Crippen MR) is 67.1 cm³/mol. The lowest BCUT2D eigenvalue weighted by Gasteiger charge is -2.10. The molecule has 4 heteroatoms. The maximum absolute atomic E-state index is 9.24. The van der Waals surface area contributed by atoms with Gasteiger partial charge in [0, 0.05) is 0 Å². The van der Waals surface area contributed by atoms with Gasteiger partial charge in [-0.3, -0.25) is 0 Å². The van der Waals surface area contributed by atoms with Gasteiger partial charge in [-0.25, -0.2) is 0 Å². The zero-order chi connectivity index (χ0) is 11.4. The van der Waals surface area contributed by atoms with Crippen LogP contribution in [0.5, 0.6) is 0 Å². The SMILES string of the molecule is O[B]c1cccc(-c2ccccc2)c1[B]O. The minimum atomic E-state index is 0.601. The molecule has 0 aliphatic heterocycles. The molecule has 76 valence electrons. The summed E-state index contributed by atoms with van der Waals surface area (Å²) in [5.41, 5.74) is 3.12. The normalized spacial score (nSPS) is 9.88. The first-order chi connectivity index (χ1) is 7.86. The molecule has 2 rings (SSSR count). The Kier molecular flexibility index (Phi) is 3.44. The first-order valence-corrected chi connectivity index (χ1v) is 5.00. The van der Waals surface area contributed by atoms with Gasteiger partial charge >= 0.3 is 15.0 Å². The van der Waals surface area contributed by atoms with E-state index in [0.29, 0.717) is 10.9 Å². The molecule has 2 aromatic carbocycles. The minimum Gasteiger partial charge on any atom is -0.450 e. The lowest BCUT2D eigenvalue weighted by atomic mass is 9.70. The third-order valence-corrected chi connectivity index (χ3v) is 2.49. The molecule has 0 aliphatic rings. The van der Waals surface area contributed by atoms with Crippen LogP contribution in [0.1, 0.15) is 0 Å². The van der Waals surface area contributed by atoms with Crippen LogP contribution in [-0.4, -0.2) is 25.0 Å². The molecule has 2 aromatic rings. The fraction of sp³-hybridized carbons (Fsp3) is 0. The summed E-state index contributed by atoms with van der Waals surface area (Å²) in [6, 6.07) is 15.2. The topological polar surface area (TPSA) is 40.5 Å². The Morgan fingerprint density at radius 2 is 1.50 bits per heavy atom. The van der Waals surface area contributed by atoms with Crippen molar-refractivity contribution in [3.8, 4) is 11.1 Å². The van der Waals surface area contributed by atoms with Gasteiger partial charge in [0.15, 0.2) is 0 Å². The van der Waals surface area contributed by atoms with Gasteiger partial charge in [0.2, 0.25) is 0 Å². The maximum atomic E-state index is 9.24. The van der Waals surface area contributed by atoms with Crippen LogP contribution in [0.15, 0.2) is 48.5 Å². The molecular formula is C12H10B2O2. The predicted octanol–water partition coefficient (Wildman–Crippen LogP) is -0.173. The second-order valence-electron chi connectivity index (χ2n) is 3.43. The zero-order valence-electron chi connectivity index (χ0n) is 8.67. The summed E-state index contributed by atoms with van der Waals surface area (Å²) >= 11 is 0. The van der Waals surface area contributed by atoms with Crippen molar-refractivity contribution in [3.63, 3.8) is 0 Å². The fourth-order valence-corrected chi connectivity index (χ4v) is 1.71. The van der Waals surface area contributed by atoms with Gasteiger partial charge in [-0.2, -0.15) is 0 Å². The third kappa shape index (κ3) is 2.03. The van der Waals surface area contributed by atoms with Crippen LogP contribution >= 0.6 is 0 Å². The molecule has 0 heterocycles. The molecule has 2 N–H and O–H groups in total. The summed E-state index contributed by atoms with van der Waals surface area (Å²) in [6.45, 7) is 0. The standard InChI is InChI=1S/C12H10B2O2/c15-13-11-8-4-7-10(12(11)14-16)9-5-2-1-3-6-9/h1-8,15-16H. The lowest BCUT2D eigenvalue weighted by Crippen LogP contribution is -2.37. The van der Waals surface area contributed by atoms with E-state index in [1.807, 2.05) is 42.5 Å². The summed E-state index contributed by atoms with van der Waals surface area (Å²) in [5.74, 6) is 0. The van der Waals surface area contributed by atoms with E-state index in [-0.39, 0.29) is 0 Å². The number of rotatable bonds is 3. The molecule has 0 aromatic heterocycles. The molecule has 0 saturated heterocycles. The van der Waals surface area contributed by atoms with Gasteiger partial charge in [0.25, 0.3) is 0 Å². The smallest absolute Gasteiger partial charge is 0.326 e. The molecule has 0 amide bonds. The lowest BCUT2D eigenvalue weighted by molar-refractivity contribution is 0.611. The Hall–Kier alpha value is -1.51. The Balaban J connectivity index is 2.57. The van der Waals surface area contributed by atoms with Crippen molar-refractivity contribution >= 4 is 25.9 Å². The van der Waals surface area contributed by atoms with Crippen molar-refractivity contribution in [2.75, 3.05) is 0 Å². The third-order valence-electron chi connectivity index (χ3n) is 2.49. The largest absolute Gasteiger partial charge is 0.450 e. The highest BCUT2D eigenvalue weighted by Gasteiger charge is 2.10. The van der Waals surface area contributed by atoms with Gasteiger partial charge < -0.3 is 10.0 Å². The second-order valence-corrected chi connectivity index (χ2v) is 3.43. The van der Waals surface area contributed by atoms with Gasteiger partial charge in [0.05, 0.1) is 0 Å². The van der Waals surface area contributed by atoms with Crippen LogP contribution in [0.25, 0.3) is 11.1 Å². The van der Waals surface area contributed by atoms with Crippen molar-refractivity contribution in [3.05, 3.63) is 48.5 Å². The monoisotopic (exact) mass is 208 g/mol. The van der Waals surface area contributed by atoms with Crippen molar-refractivity contribution in [2.24, 2.45) is 0 Å². The molecule has 0 fully saturated rings. The van der Waals surface area contributed by atoms with E-state index in [9.17, 15) is 5.02 Å². The quantitative estimate of drug-likeness (QED) is 0.687. The molecule has 0 spiro atoms. The van der Waals surface area contributed by atoms with Crippen LogP contribution in [0.3, 0.4) is 0 Å². The van der Waals surface area contributed by atoms with Crippen LogP contribution in [0.4, 0.5) is 0 Å². The Morgan fingerprint density at radius 3 is 2.12 bits per heavy atom. The Labute approximate surface area is 96.1 Å². The van der Waals surface area contributed by atoms with Crippen molar-refractivity contribution < 1.29 is 10.0 Å². The van der Waals surface area contributed by atoms with E-state index in [1.165, 1.54) is 0 Å². The van der Waals surface area contributed by atoms with Crippen LogP contribution in [-0.2, 0) is 0 Å². The van der Waals surface area contributed by atoms with E-state index in [4.69, 9.17) is 5.02 Å². The average molecular weight is 208 g/mol. The molecule has 0 bridgehead atoms. The molecular weight excluding hydrogens is 198 g/mol. The van der Waals surface area contributed by atoms with E-state index in [0.717, 1.165) is 26.1 Å². The van der Waals surface area contributed by atoms with Crippen LogP contribution in [0.2, 0.25) is 0 Å². The summed E-state index contributed by atoms with van der Waals surface area (Å²) in [5, 5.41) is 18.3. The fourth-order valence-electron chi connectivity index (χ4n) is 1.71. The number of hydrogen-bond acceptors (Lipinski definition) is 2. The van der Waals surface area contributed by atoms with Crippen LogP contribution < -0.4 is 10.9 Å². The second kappa shape index (κ2) is 5.01. The number of hydrogen-bond donors (Lipinski definition) is 2. The molecule has 0 unspecified atom stereocenters. The Morgan fingerprint density at radius 1 is 0.750 bits per heavy atom. The molecule has 0 aliphatic carbocycles. The highest BCUT2D eigenvalue weighted by Crippen LogP contribution is 2.15. The molecule has 2 nitrogen and oxygen atoms in total. The summed E-state index contributed by atoms with van der Waals surface area (Å²) in [4.78, 5) is 0. The van der Waals surface area contributed by atoms with E-state index in [2.05, 4.69) is 0 Å². The van der Waals surface area contributed by atoms with Crippen molar-refractivity contribution in [1.29, 1.82) is 0 Å². The summed E-state index contributed by atoms with van der Waals surface area (Å²) in [7, 11) is 2.01. The van der Waals surface area contributed by atoms with E-state index in [1.54, 1.807) is 6.07 Å². The van der Waals surface area contributed by atoms with Crippen molar-refractivity contribution in [2.45, 2.75) is 0 Å². The highest BCUT2D eigenvalue weighted by atomic mass is 16.2. The van der Waals surface area contributed by atoms with Crippen LogP contribution in [0, 0.1) is 0 Å².